The molecule has 0 amide bonds. The molecule has 6 rings (SSSR count). The van der Waals surface area contributed by atoms with E-state index in [1.54, 1.807) is 24.3 Å². The number of para-hydroxylation sites is 2. The molecule has 1 saturated carbocycles. The summed E-state index contributed by atoms with van der Waals surface area (Å²) >= 11 is 0. The molecule has 0 spiro atoms. The van der Waals surface area contributed by atoms with E-state index in [1.807, 2.05) is 6.07 Å². The van der Waals surface area contributed by atoms with Crippen molar-refractivity contribution in [2.75, 3.05) is 56.2 Å². The number of morpholine rings is 1. The fourth-order valence-corrected chi connectivity index (χ4v) is 6.79. The van der Waals surface area contributed by atoms with Crippen LogP contribution in [0.3, 0.4) is 0 Å². The highest BCUT2D eigenvalue weighted by molar-refractivity contribution is 5.78. The molecule has 42 heavy (non-hydrogen) atoms. The van der Waals surface area contributed by atoms with Gasteiger partial charge in [-0.05, 0) is 69.0 Å². The third-order valence-corrected chi connectivity index (χ3v) is 8.94. The Morgan fingerprint density at radius 2 is 1.76 bits per heavy atom. The number of anilines is 2. The number of nitrogens with one attached hydrogen (secondary N) is 1. The van der Waals surface area contributed by atoms with Crippen LogP contribution in [-0.2, 0) is 9.53 Å². The standard InChI is InChI=1S/C30H39F2N7O3/c31-28(32)29-34-23-5-1-2-6-24(23)39(29)26-17-25(37-12-14-42-15-13-37)35-30(36-26)33-18-20-7-9-22(10-8-20)38-11-3-4-21(19-38)16-27(40)41/h1-2,5-6,17,20-22,28H,3-4,7-16,18-19H2,(H,40,41)(H,33,35,36). The lowest BCUT2D eigenvalue weighted by atomic mass is 9.83. The van der Waals surface area contributed by atoms with Gasteiger partial charge in [0.15, 0.2) is 5.82 Å². The minimum Gasteiger partial charge on any atom is -0.481 e. The van der Waals surface area contributed by atoms with Crippen LogP contribution in [0.5, 0.6) is 0 Å². The lowest BCUT2D eigenvalue weighted by Crippen LogP contribution is -2.45. The summed E-state index contributed by atoms with van der Waals surface area (Å²) in [5, 5.41) is 12.7. The number of benzene rings is 1. The molecule has 3 aromatic rings. The van der Waals surface area contributed by atoms with Gasteiger partial charge in [0.05, 0.1) is 24.2 Å². The maximum atomic E-state index is 14.1. The maximum Gasteiger partial charge on any atom is 0.303 e. The molecule has 1 unspecified atom stereocenters. The number of alkyl halides is 2. The second-order valence-corrected chi connectivity index (χ2v) is 11.8. The molecule has 2 aliphatic heterocycles. The first kappa shape index (κ1) is 28.7. The van der Waals surface area contributed by atoms with Crippen molar-refractivity contribution in [2.45, 2.75) is 57.4 Å². The Bertz CT molecular complexity index is 1370. The van der Waals surface area contributed by atoms with E-state index in [0.717, 1.165) is 51.6 Å². The van der Waals surface area contributed by atoms with Gasteiger partial charge in [0, 0.05) is 44.7 Å². The van der Waals surface area contributed by atoms with Gasteiger partial charge < -0.3 is 25.0 Å². The number of imidazole rings is 1. The van der Waals surface area contributed by atoms with Crippen molar-refractivity contribution in [3.05, 3.63) is 36.2 Å². The van der Waals surface area contributed by atoms with E-state index in [0.29, 0.717) is 73.4 Å². The first-order valence-electron chi connectivity index (χ1n) is 15.1. The monoisotopic (exact) mass is 583 g/mol. The predicted molar refractivity (Wildman–Crippen MR) is 155 cm³/mol. The number of nitrogens with zero attached hydrogens (tertiary/aromatic N) is 6. The fourth-order valence-electron chi connectivity index (χ4n) is 6.79. The molecule has 1 aliphatic carbocycles. The van der Waals surface area contributed by atoms with E-state index in [-0.39, 0.29) is 18.2 Å². The fraction of sp³-hybridized carbons (Fsp3) is 0.600. The van der Waals surface area contributed by atoms with Gasteiger partial charge >= 0.3 is 5.97 Å². The van der Waals surface area contributed by atoms with Crippen LogP contribution in [0.15, 0.2) is 30.3 Å². The van der Waals surface area contributed by atoms with Crippen molar-refractivity contribution in [3.8, 4) is 5.82 Å². The first-order chi connectivity index (χ1) is 20.4. The number of likely N-dealkylation sites (tertiary alicyclic amines) is 1. The number of fused-ring (bicyclic) bond motifs is 1. The number of carbonyl (C=O) groups is 1. The molecule has 3 fully saturated rings. The lowest BCUT2D eigenvalue weighted by Gasteiger charge is -2.41. The normalized spacial score (nSPS) is 23.9. The largest absolute Gasteiger partial charge is 0.481 e. The minimum atomic E-state index is -2.76. The van der Waals surface area contributed by atoms with Crippen LogP contribution < -0.4 is 10.2 Å². The second kappa shape index (κ2) is 12.9. The Morgan fingerprint density at radius 3 is 2.52 bits per heavy atom. The van der Waals surface area contributed by atoms with Crippen LogP contribution in [0, 0.1) is 11.8 Å². The molecule has 4 heterocycles. The summed E-state index contributed by atoms with van der Waals surface area (Å²) in [6.45, 7) is 5.12. The Labute approximate surface area is 244 Å². The first-order valence-corrected chi connectivity index (χ1v) is 15.1. The molecule has 0 bridgehead atoms. The molecular formula is C30H39F2N7O3. The number of halogens is 2. The summed E-state index contributed by atoms with van der Waals surface area (Å²) in [6, 6.07) is 9.38. The van der Waals surface area contributed by atoms with Crippen LogP contribution in [0.4, 0.5) is 20.5 Å². The van der Waals surface area contributed by atoms with Gasteiger partial charge in [0.1, 0.15) is 11.6 Å². The van der Waals surface area contributed by atoms with Crippen molar-refractivity contribution in [1.82, 2.24) is 24.4 Å². The molecule has 3 aliphatic rings. The van der Waals surface area contributed by atoms with Gasteiger partial charge in [-0.3, -0.25) is 9.36 Å². The van der Waals surface area contributed by atoms with E-state index in [9.17, 15) is 18.7 Å². The molecule has 226 valence electrons. The third kappa shape index (κ3) is 6.49. The van der Waals surface area contributed by atoms with Gasteiger partial charge in [-0.2, -0.15) is 9.97 Å². The molecule has 2 N–H and O–H groups in total. The Kier molecular flexibility index (Phi) is 8.80. The maximum absolute atomic E-state index is 14.1. The summed E-state index contributed by atoms with van der Waals surface area (Å²) in [4.78, 5) is 29.5. The van der Waals surface area contributed by atoms with Gasteiger partial charge in [0.2, 0.25) is 5.95 Å². The summed E-state index contributed by atoms with van der Waals surface area (Å²) in [5.41, 5.74) is 1.07. The van der Waals surface area contributed by atoms with Gasteiger partial charge in [0.25, 0.3) is 6.43 Å². The van der Waals surface area contributed by atoms with Gasteiger partial charge in [-0.15, -0.1) is 0 Å². The average Bonchev–Trinajstić information content (AvgIpc) is 3.41. The topological polar surface area (TPSA) is 109 Å². The van der Waals surface area contributed by atoms with Gasteiger partial charge in [-0.1, -0.05) is 12.1 Å². The van der Waals surface area contributed by atoms with Crippen molar-refractivity contribution in [3.63, 3.8) is 0 Å². The minimum absolute atomic E-state index is 0.249. The zero-order valence-electron chi connectivity index (χ0n) is 23.8. The molecule has 1 atom stereocenters. The van der Waals surface area contributed by atoms with Crippen molar-refractivity contribution >= 4 is 28.8 Å². The molecule has 1 aromatic carbocycles. The van der Waals surface area contributed by atoms with E-state index in [2.05, 4.69) is 20.1 Å². The number of aliphatic carboxylic acids is 1. The summed E-state index contributed by atoms with van der Waals surface area (Å²) in [5.74, 6) is 1.12. The number of hydrogen-bond acceptors (Lipinski definition) is 8. The van der Waals surface area contributed by atoms with Crippen LogP contribution >= 0.6 is 0 Å². The van der Waals surface area contributed by atoms with E-state index in [4.69, 9.17) is 14.7 Å². The number of carboxylic acids is 1. The number of carboxylic acid groups (broad SMARTS) is 1. The van der Waals surface area contributed by atoms with Crippen LogP contribution in [-0.4, -0.2) is 87.5 Å². The molecule has 12 heteroatoms. The molecule has 10 nitrogen and oxygen atoms in total. The van der Waals surface area contributed by atoms with Crippen molar-refractivity contribution < 1.29 is 23.4 Å². The summed E-state index contributed by atoms with van der Waals surface area (Å²) in [6.07, 6.45) is 3.87. The Morgan fingerprint density at radius 1 is 1.00 bits per heavy atom. The van der Waals surface area contributed by atoms with Crippen molar-refractivity contribution in [1.29, 1.82) is 0 Å². The number of ether oxygens (including phenoxy) is 1. The van der Waals surface area contributed by atoms with Gasteiger partial charge in [-0.25, -0.2) is 13.8 Å². The lowest BCUT2D eigenvalue weighted by molar-refractivity contribution is -0.138. The van der Waals surface area contributed by atoms with E-state index < -0.39 is 12.4 Å². The highest BCUT2D eigenvalue weighted by atomic mass is 19.3. The van der Waals surface area contributed by atoms with Crippen LogP contribution in [0.25, 0.3) is 16.9 Å². The highest BCUT2D eigenvalue weighted by Crippen LogP contribution is 2.32. The quantitative estimate of drug-likeness (QED) is 0.369. The second-order valence-electron chi connectivity index (χ2n) is 11.8. The molecule has 0 radical (unpaired) electrons. The Hall–Kier alpha value is -3.38. The zero-order chi connectivity index (χ0) is 29.1. The smallest absolute Gasteiger partial charge is 0.303 e. The third-order valence-electron chi connectivity index (χ3n) is 8.94. The number of piperidine rings is 1. The molecule has 2 aromatic heterocycles. The highest BCUT2D eigenvalue weighted by Gasteiger charge is 2.30. The SMILES string of the molecule is O=C(O)CC1CCCN(C2CCC(CNc3nc(N4CCOCC4)cc(-n4c(C(F)F)nc5ccccc54)n3)CC2)C1. The zero-order valence-corrected chi connectivity index (χ0v) is 23.8. The average molecular weight is 584 g/mol. The molecule has 2 saturated heterocycles. The predicted octanol–water partition coefficient (Wildman–Crippen LogP) is 4.75. The van der Waals surface area contributed by atoms with E-state index in [1.165, 1.54) is 4.57 Å². The number of rotatable bonds is 9. The summed E-state index contributed by atoms with van der Waals surface area (Å²) < 4.78 is 35.2. The van der Waals surface area contributed by atoms with Crippen LogP contribution in [0.2, 0.25) is 0 Å². The van der Waals surface area contributed by atoms with E-state index >= 15 is 0 Å². The van der Waals surface area contributed by atoms with Crippen LogP contribution in [0.1, 0.15) is 57.2 Å². The van der Waals surface area contributed by atoms with Crippen molar-refractivity contribution in [2.24, 2.45) is 11.8 Å². The molecular weight excluding hydrogens is 544 g/mol. The number of aromatic nitrogens is 4. The summed E-state index contributed by atoms with van der Waals surface area (Å²) in [7, 11) is 0. The number of hydrogen-bond donors (Lipinski definition) is 2. The Balaban J connectivity index is 1.17.